The van der Waals surface area contributed by atoms with E-state index in [1.807, 2.05) is 0 Å². The van der Waals surface area contributed by atoms with E-state index in [2.05, 4.69) is 5.32 Å². The molecule has 1 saturated heterocycles. The topological polar surface area (TPSA) is 110 Å². The van der Waals surface area contributed by atoms with Crippen LogP contribution in [-0.4, -0.2) is 34.8 Å². The Kier molecular flexibility index (Phi) is 3.66. The highest BCUT2D eigenvalue weighted by Gasteiger charge is 2.38. The summed E-state index contributed by atoms with van der Waals surface area (Å²) < 4.78 is 4.97. The fourth-order valence-electron chi connectivity index (χ4n) is 1.49. The third-order valence-electron chi connectivity index (χ3n) is 2.37. The Morgan fingerprint density at radius 1 is 1.29 bits per heavy atom. The summed E-state index contributed by atoms with van der Waals surface area (Å²) in [7, 11) is 1.53. The van der Waals surface area contributed by atoms with E-state index >= 15 is 0 Å². The van der Waals surface area contributed by atoms with Gasteiger partial charge < -0.3 is 15.5 Å². The van der Waals surface area contributed by atoms with Crippen molar-refractivity contribution in [3.05, 3.63) is 29.8 Å². The van der Waals surface area contributed by atoms with Gasteiger partial charge in [0.15, 0.2) is 0 Å². The van der Waals surface area contributed by atoms with Crippen LogP contribution < -0.4 is 10.1 Å². The van der Waals surface area contributed by atoms with Crippen LogP contribution in [0.5, 0.6) is 5.75 Å². The molecule has 1 aromatic rings. The molecule has 1 unspecified atom stereocenters. The lowest BCUT2D eigenvalue weighted by Crippen LogP contribution is -2.26. The van der Waals surface area contributed by atoms with Crippen LogP contribution in [0.3, 0.4) is 0 Å². The zero-order chi connectivity index (χ0) is 11.7. The predicted molar refractivity (Wildman–Crippen MR) is 56.5 cm³/mol. The van der Waals surface area contributed by atoms with Gasteiger partial charge >= 0.3 is 6.03 Å². The summed E-state index contributed by atoms with van der Waals surface area (Å²) in [6, 6.07) is 5.01. The molecule has 1 aliphatic rings. The van der Waals surface area contributed by atoms with Crippen LogP contribution in [0.15, 0.2) is 24.3 Å². The quantitative estimate of drug-likeness (QED) is 0.553. The van der Waals surface area contributed by atoms with Crippen LogP contribution in [0.4, 0.5) is 4.79 Å². The summed E-state index contributed by atoms with van der Waals surface area (Å²) >= 11 is 0. The average molecular weight is 240 g/mol. The number of hydroxylamine groups is 2. The first-order valence-electron chi connectivity index (χ1n) is 4.61. The molecule has 1 aliphatic heterocycles. The van der Waals surface area contributed by atoms with Crippen LogP contribution in [0.2, 0.25) is 0 Å². The molecule has 1 heterocycles. The minimum Gasteiger partial charge on any atom is -0.497 e. The first-order chi connectivity index (χ1) is 7.63. The molecule has 4 N–H and O–H groups in total. The van der Waals surface area contributed by atoms with Gasteiger partial charge in [0.2, 0.25) is 0 Å². The number of methoxy groups -OCH3 is 1. The Labute approximate surface area is 96.9 Å². The number of nitrogens with zero attached hydrogens (tertiary/aromatic N) is 1. The lowest BCUT2D eigenvalue weighted by molar-refractivity contribution is -0.149. The summed E-state index contributed by atoms with van der Waals surface area (Å²) in [6.07, 6.45) is 0. The zero-order valence-electron chi connectivity index (χ0n) is 9.01. The van der Waals surface area contributed by atoms with Gasteiger partial charge in [-0.05, 0) is 17.7 Å². The molecule has 17 heavy (non-hydrogen) atoms. The normalized spacial score (nSPS) is 18.7. The zero-order valence-corrected chi connectivity index (χ0v) is 9.01. The van der Waals surface area contributed by atoms with E-state index in [0.717, 1.165) is 0 Å². The van der Waals surface area contributed by atoms with Crippen molar-refractivity contribution < 1.29 is 25.0 Å². The number of carbonyl (C=O) groups excluding carboxylic acids is 2. The van der Waals surface area contributed by atoms with Crippen molar-refractivity contribution in [1.82, 2.24) is 10.4 Å². The van der Waals surface area contributed by atoms with E-state index in [1.54, 1.807) is 24.3 Å². The van der Waals surface area contributed by atoms with E-state index in [1.165, 1.54) is 7.11 Å². The number of imide groups is 1. The number of hydrogen-bond donors (Lipinski definition) is 2. The SMILES string of the molecule is COc1ccc(C2NC(=O)N(O)C2=O)cc1.O. The monoisotopic (exact) mass is 240 g/mol. The van der Waals surface area contributed by atoms with Crippen LogP contribution >= 0.6 is 0 Å². The maximum atomic E-state index is 11.4. The first-order valence-corrected chi connectivity index (χ1v) is 4.61. The van der Waals surface area contributed by atoms with Gasteiger partial charge in [0.25, 0.3) is 5.91 Å². The number of rotatable bonds is 2. The molecule has 2 rings (SSSR count). The van der Waals surface area contributed by atoms with Gasteiger partial charge in [-0.3, -0.25) is 10.0 Å². The lowest BCUT2D eigenvalue weighted by Gasteiger charge is -2.08. The summed E-state index contributed by atoms with van der Waals surface area (Å²) in [4.78, 5) is 22.4. The van der Waals surface area contributed by atoms with E-state index in [9.17, 15) is 9.59 Å². The van der Waals surface area contributed by atoms with Gasteiger partial charge in [0.05, 0.1) is 7.11 Å². The van der Waals surface area contributed by atoms with E-state index in [4.69, 9.17) is 9.94 Å². The van der Waals surface area contributed by atoms with Crippen molar-refractivity contribution in [1.29, 1.82) is 0 Å². The molecule has 0 spiro atoms. The average Bonchev–Trinajstić information content (AvgIpc) is 2.57. The van der Waals surface area contributed by atoms with E-state index in [-0.39, 0.29) is 10.5 Å². The van der Waals surface area contributed by atoms with Gasteiger partial charge in [0, 0.05) is 0 Å². The second-order valence-corrected chi connectivity index (χ2v) is 3.31. The van der Waals surface area contributed by atoms with E-state index < -0.39 is 18.0 Å². The molecule has 0 saturated carbocycles. The van der Waals surface area contributed by atoms with Crippen molar-refractivity contribution >= 4 is 11.9 Å². The van der Waals surface area contributed by atoms with Crippen LogP contribution in [0, 0.1) is 0 Å². The highest BCUT2D eigenvalue weighted by Crippen LogP contribution is 2.22. The van der Waals surface area contributed by atoms with Crippen LogP contribution in [0.1, 0.15) is 11.6 Å². The van der Waals surface area contributed by atoms with Gasteiger partial charge in [-0.15, -0.1) is 5.06 Å². The summed E-state index contributed by atoms with van der Waals surface area (Å²) in [5, 5.41) is 11.5. The van der Waals surface area contributed by atoms with Gasteiger partial charge in [-0.2, -0.15) is 0 Å². The number of hydrogen-bond acceptors (Lipinski definition) is 4. The largest absolute Gasteiger partial charge is 0.497 e. The fraction of sp³-hybridized carbons (Fsp3) is 0.200. The third kappa shape index (κ3) is 2.19. The number of nitrogens with one attached hydrogen (secondary N) is 1. The predicted octanol–water partition coefficient (Wildman–Crippen LogP) is -0.147. The highest BCUT2D eigenvalue weighted by molar-refractivity contribution is 6.03. The van der Waals surface area contributed by atoms with E-state index in [0.29, 0.717) is 11.3 Å². The van der Waals surface area contributed by atoms with Gasteiger partial charge in [-0.25, -0.2) is 4.79 Å². The van der Waals surface area contributed by atoms with Gasteiger partial charge in [0.1, 0.15) is 11.8 Å². The summed E-state index contributed by atoms with van der Waals surface area (Å²) in [5.41, 5.74) is 0.593. The summed E-state index contributed by atoms with van der Waals surface area (Å²) in [6.45, 7) is 0. The lowest BCUT2D eigenvalue weighted by atomic mass is 10.1. The van der Waals surface area contributed by atoms with Crippen molar-refractivity contribution in [3.8, 4) is 5.75 Å². The number of carbonyl (C=O) groups is 2. The molecule has 7 heteroatoms. The Morgan fingerprint density at radius 3 is 2.29 bits per heavy atom. The molecule has 0 bridgehead atoms. The number of urea groups is 1. The molecular weight excluding hydrogens is 228 g/mol. The first kappa shape index (κ1) is 12.9. The second-order valence-electron chi connectivity index (χ2n) is 3.31. The smallest absolute Gasteiger partial charge is 0.349 e. The molecule has 1 fully saturated rings. The number of benzene rings is 1. The maximum Gasteiger partial charge on any atom is 0.349 e. The van der Waals surface area contributed by atoms with Crippen LogP contribution in [0.25, 0.3) is 0 Å². The molecule has 0 aliphatic carbocycles. The van der Waals surface area contributed by atoms with Crippen molar-refractivity contribution in [2.45, 2.75) is 6.04 Å². The minimum absolute atomic E-state index is 0. The van der Waals surface area contributed by atoms with Crippen LogP contribution in [-0.2, 0) is 4.79 Å². The molecule has 3 amide bonds. The molecule has 1 aromatic carbocycles. The fourth-order valence-corrected chi connectivity index (χ4v) is 1.49. The highest BCUT2D eigenvalue weighted by atomic mass is 16.5. The second kappa shape index (κ2) is 4.81. The van der Waals surface area contributed by atoms with Gasteiger partial charge in [-0.1, -0.05) is 12.1 Å². The Bertz CT molecular complexity index is 431. The van der Waals surface area contributed by atoms with Crippen molar-refractivity contribution in [2.24, 2.45) is 0 Å². The van der Waals surface area contributed by atoms with Crippen molar-refractivity contribution in [3.63, 3.8) is 0 Å². The summed E-state index contributed by atoms with van der Waals surface area (Å²) in [5.74, 6) is -0.0310. The molecule has 92 valence electrons. The minimum atomic E-state index is -0.830. The maximum absolute atomic E-state index is 11.4. The Morgan fingerprint density at radius 2 is 1.88 bits per heavy atom. The Hall–Kier alpha value is -2.12. The molecule has 7 nitrogen and oxygen atoms in total. The molecule has 0 radical (unpaired) electrons. The number of amides is 3. The molecular formula is C10H12N2O5. The number of ether oxygens (including phenoxy) is 1. The third-order valence-corrected chi connectivity index (χ3v) is 2.37. The Balaban J connectivity index is 0.00000144. The van der Waals surface area contributed by atoms with Crippen molar-refractivity contribution in [2.75, 3.05) is 7.11 Å². The molecule has 0 aromatic heterocycles. The molecule has 1 atom stereocenters. The standard InChI is InChI=1S/C10H10N2O4.H2O/c1-16-7-4-2-6(3-5-7)8-9(13)12(15)10(14)11-8;/h2-5,8,15H,1H3,(H,11,14);1H2.